The maximum absolute atomic E-state index is 13.0. The van der Waals surface area contributed by atoms with Crippen LogP contribution in [-0.4, -0.2) is 15.8 Å². The topological polar surface area (TPSA) is 85.1 Å². The van der Waals surface area contributed by atoms with Gasteiger partial charge in [-0.15, -0.1) is 0 Å². The zero-order valence-corrected chi connectivity index (χ0v) is 18.1. The highest BCUT2D eigenvalue weighted by Crippen LogP contribution is 2.40. The Morgan fingerprint density at radius 3 is 2.38 bits per heavy atom. The average Bonchev–Trinajstić information content (AvgIpc) is 2.73. The second-order valence-electron chi connectivity index (χ2n) is 6.33. The average molecular weight is 502 g/mol. The van der Waals surface area contributed by atoms with Crippen LogP contribution in [-0.2, 0) is 11.0 Å². The molecule has 6 nitrogen and oxygen atoms in total. The number of carbonyl (C=O) groups excluding carboxylic acids is 1. The van der Waals surface area contributed by atoms with E-state index in [4.69, 9.17) is 23.2 Å². The van der Waals surface area contributed by atoms with Gasteiger partial charge in [0.05, 0.1) is 15.5 Å². The Hall–Kier alpha value is -2.82. The minimum atomic E-state index is -4.61. The lowest BCUT2D eigenvalue weighted by Crippen LogP contribution is -2.19. The predicted octanol–water partition coefficient (Wildman–Crippen LogP) is 6.79. The molecule has 1 aromatic heterocycles. The first-order valence-corrected chi connectivity index (χ1v) is 10.4. The maximum Gasteiger partial charge on any atom is 0.417 e. The summed E-state index contributed by atoms with van der Waals surface area (Å²) in [6.07, 6.45) is -3.98. The number of benzene rings is 2. The second-order valence-corrected chi connectivity index (χ2v) is 8.24. The number of hydrogen-bond acceptors (Lipinski definition) is 5. The molecule has 0 aliphatic rings. The number of aromatic nitrogens is 1. The van der Waals surface area contributed by atoms with E-state index in [0.29, 0.717) is 11.8 Å². The van der Waals surface area contributed by atoms with E-state index in [1.165, 1.54) is 12.1 Å². The number of alkyl halides is 3. The summed E-state index contributed by atoms with van der Waals surface area (Å²) in [4.78, 5) is 27.2. The highest BCUT2D eigenvalue weighted by Gasteiger charge is 2.32. The van der Waals surface area contributed by atoms with Crippen molar-refractivity contribution in [3.05, 3.63) is 92.1 Å². The summed E-state index contributed by atoms with van der Waals surface area (Å²) in [6.45, 7) is 0. The number of amides is 1. The van der Waals surface area contributed by atoms with Crippen molar-refractivity contribution in [2.75, 3.05) is 5.32 Å². The normalized spacial score (nSPS) is 12.3. The number of nitro benzene ring substituents is 1. The summed E-state index contributed by atoms with van der Waals surface area (Å²) >= 11 is 12.6. The smallest absolute Gasteiger partial charge is 0.325 e. The largest absolute Gasteiger partial charge is 0.417 e. The molecule has 0 radical (unpaired) electrons. The lowest BCUT2D eigenvalue weighted by Gasteiger charge is -2.18. The molecule has 0 saturated carbocycles. The molecule has 166 valence electrons. The van der Waals surface area contributed by atoms with Crippen LogP contribution in [0.3, 0.4) is 0 Å². The summed E-state index contributed by atoms with van der Waals surface area (Å²) in [7, 11) is 0. The Morgan fingerprint density at radius 2 is 1.78 bits per heavy atom. The molecule has 0 bridgehead atoms. The van der Waals surface area contributed by atoms with Crippen molar-refractivity contribution in [1.29, 1.82) is 0 Å². The highest BCUT2D eigenvalue weighted by molar-refractivity contribution is 8.00. The molecule has 0 spiro atoms. The summed E-state index contributed by atoms with van der Waals surface area (Å²) < 4.78 is 38.7. The summed E-state index contributed by atoms with van der Waals surface area (Å²) in [6, 6.07) is 12.9. The quantitative estimate of drug-likeness (QED) is 0.228. The van der Waals surface area contributed by atoms with Crippen LogP contribution in [0.25, 0.3) is 0 Å². The van der Waals surface area contributed by atoms with Crippen molar-refractivity contribution in [3.63, 3.8) is 0 Å². The molecule has 1 atom stereocenters. The molecule has 32 heavy (non-hydrogen) atoms. The van der Waals surface area contributed by atoms with Gasteiger partial charge >= 0.3 is 6.18 Å². The number of carbonyl (C=O) groups is 1. The van der Waals surface area contributed by atoms with Gasteiger partial charge in [-0.05, 0) is 23.8 Å². The summed E-state index contributed by atoms with van der Waals surface area (Å²) in [5.41, 5.74) is -0.753. The summed E-state index contributed by atoms with van der Waals surface area (Å²) in [5, 5.41) is 12.4. The molecule has 0 unspecified atom stereocenters. The highest BCUT2D eigenvalue weighted by atomic mass is 35.5. The first kappa shape index (κ1) is 23.8. The van der Waals surface area contributed by atoms with E-state index >= 15 is 0 Å². The molecular weight excluding hydrogens is 490 g/mol. The van der Waals surface area contributed by atoms with E-state index in [-0.39, 0.29) is 26.4 Å². The number of hydrogen-bond donors (Lipinski definition) is 1. The van der Waals surface area contributed by atoms with Crippen molar-refractivity contribution in [2.45, 2.75) is 16.5 Å². The minimum absolute atomic E-state index is 0.0192. The number of anilines is 1. The molecule has 0 fully saturated rings. The molecule has 0 aliphatic heterocycles. The van der Waals surface area contributed by atoms with Gasteiger partial charge in [-0.2, -0.15) is 13.2 Å². The Balaban J connectivity index is 1.92. The standard InChI is InChI=1S/C20H12Cl2F3N3O3S/c21-14-7-6-13(9-16(14)28(30)31)27-18(29)17(11-4-2-1-3-5-11)32-19-15(22)8-12(10-26-19)20(23,24)25/h1-10,17H,(H,27,29)/t17-/m0/s1. The number of nitrogens with one attached hydrogen (secondary N) is 1. The lowest BCUT2D eigenvalue weighted by molar-refractivity contribution is -0.384. The van der Waals surface area contributed by atoms with Gasteiger partial charge in [-0.3, -0.25) is 14.9 Å². The summed E-state index contributed by atoms with van der Waals surface area (Å²) in [5.74, 6) is -0.587. The first-order valence-electron chi connectivity index (χ1n) is 8.75. The van der Waals surface area contributed by atoms with E-state index in [1.54, 1.807) is 30.3 Å². The SMILES string of the molecule is O=C(Nc1ccc(Cl)c([N+](=O)[O-])c1)[C@@H](Sc1ncc(C(F)(F)F)cc1Cl)c1ccccc1. The van der Waals surface area contributed by atoms with Crippen LogP contribution >= 0.6 is 35.0 Å². The van der Waals surface area contributed by atoms with Crippen LogP contribution in [0.1, 0.15) is 16.4 Å². The van der Waals surface area contributed by atoms with Gasteiger partial charge in [-0.25, -0.2) is 4.98 Å². The number of pyridine rings is 1. The van der Waals surface area contributed by atoms with E-state index < -0.39 is 27.8 Å². The lowest BCUT2D eigenvalue weighted by atomic mass is 10.1. The molecule has 0 aliphatic carbocycles. The van der Waals surface area contributed by atoms with Crippen molar-refractivity contribution < 1.29 is 22.9 Å². The Kier molecular flexibility index (Phi) is 7.27. The number of halogens is 5. The maximum atomic E-state index is 13.0. The van der Waals surface area contributed by atoms with Gasteiger partial charge in [0.15, 0.2) is 0 Å². The van der Waals surface area contributed by atoms with Gasteiger partial charge in [0.2, 0.25) is 5.91 Å². The van der Waals surface area contributed by atoms with E-state index in [2.05, 4.69) is 10.3 Å². The van der Waals surface area contributed by atoms with Crippen molar-refractivity contribution in [3.8, 4) is 0 Å². The van der Waals surface area contributed by atoms with Crippen LogP contribution in [0.5, 0.6) is 0 Å². The zero-order chi connectivity index (χ0) is 23.5. The van der Waals surface area contributed by atoms with Crippen molar-refractivity contribution in [1.82, 2.24) is 4.98 Å². The van der Waals surface area contributed by atoms with Crippen LogP contribution in [0.15, 0.2) is 65.8 Å². The fourth-order valence-electron chi connectivity index (χ4n) is 2.62. The fraction of sp³-hybridized carbons (Fsp3) is 0.100. The Morgan fingerprint density at radius 1 is 1.09 bits per heavy atom. The molecule has 1 N–H and O–H groups in total. The molecule has 2 aromatic carbocycles. The molecule has 12 heteroatoms. The van der Waals surface area contributed by atoms with Crippen LogP contribution in [0, 0.1) is 10.1 Å². The fourth-order valence-corrected chi connectivity index (χ4v) is 4.07. The second kappa shape index (κ2) is 9.76. The number of rotatable bonds is 6. The molecule has 3 aromatic rings. The zero-order valence-electron chi connectivity index (χ0n) is 15.8. The third-order valence-corrected chi connectivity index (χ3v) is 6.11. The number of thioether (sulfide) groups is 1. The van der Waals surface area contributed by atoms with Crippen molar-refractivity contribution >= 4 is 52.2 Å². The van der Waals surface area contributed by atoms with Crippen LogP contribution < -0.4 is 5.32 Å². The van der Waals surface area contributed by atoms with Crippen LogP contribution in [0.4, 0.5) is 24.5 Å². The van der Waals surface area contributed by atoms with E-state index in [9.17, 15) is 28.1 Å². The third-order valence-electron chi connectivity index (χ3n) is 4.12. The van der Waals surface area contributed by atoms with Crippen molar-refractivity contribution in [2.24, 2.45) is 0 Å². The molecule has 0 saturated heterocycles. The molecule has 3 rings (SSSR count). The van der Waals surface area contributed by atoms with E-state index in [0.717, 1.165) is 23.9 Å². The van der Waals surface area contributed by atoms with E-state index in [1.807, 2.05) is 0 Å². The third kappa shape index (κ3) is 5.70. The van der Waals surface area contributed by atoms with Gasteiger partial charge in [-0.1, -0.05) is 65.3 Å². The minimum Gasteiger partial charge on any atom is -0.325 e. The van der Waals surface area contributed by atoms with Gasteiger partial charge in [0.25, 0.3) is 5.69 Å². The van der Waals surface area contributed by atoms with Gasteiger partial charge in [0.1, 0.15) is 15.3 Å². The Labute approximate surface area is 193 Å². The number of nitrogens with zero attached hydrogens (tertiary/aromatic N) is 2. The molecular formula is C20H12Cl2F3N3O3S. The molecule has 1 heterocycles. The van der Waals surface area contributed by atoms with Crippen LogP contribution in [0.2, 0.25) is 10.0 Å². The Bertz CT molecular complexity index is 1160. The monoisotopic (exact) mass is 501 g/mol. The number of nitro groups is 1. The first-order chi connectivity index (χ1) is 15.1. The van der Waals surface area contributed by atoms with Gasteiger partial charge in [0, 0.05) is 18.0 Å². The van der Waals surface area contributed by atoms with Gasteiger partial charge < -0.3 is 5.32 Å². The predicted molar refractivity (Wildman–Crippen MR) is 116 cm³/mol. The molecule has 1 amide bonds.